The molecule has 0 spiro atoms. The first-order valence-electron chi connectivity index (χ1n) is 11.6. The van der Waals surface area contributed by atoms with Crippen molar-refractivity contribution in [3.05, 3.63) is 99.2 Å². The zero-order chi connectivity index (χ0) is 26.4. The molecule has 0 bridgehead atoms. The Morgan fingerprint density at radius 1 is 0.865 bits per heavy atom. The Bertz CT molecular complexity index is 1470. The van der Waals surface area contributed by atoms with Crippen LogP contribution in [0.5, 0.6) is 0 Å². The average molecular weight is 568 g/mol. The first kappa shape index (κ1) is 26.0. The fourth-order valence-electron chi connectivity index (χ4n) is 4.95. The van der Waals surface area contributed by atoms with Gasteiger partial charge in [-0.05, 0) is 65.9 Å². The van der Waals surface area contributed by atoms with E-state index in [4.69, 9.17) is 23.2 Å². The van der Waals surface area contributed by atoms with Gasteiger partial charge in [-0.1, -0.05) is 53.5 Å². The number of hydrogen-bond donors (Lipinski definition) is 1. The molecule has 1 aliphatic rings. The smallest absolute Gasteiger partial charge is 0.278 e. The highest BCUT2D eigenvalue weighted by atomic mass is 35.5. The second kappa shape index (κ2) is 9.94. The lowest BCUT2D eigenvalue weighted by Crippen LogP contribution is -2.44. The van der Waals surface area contributed by atoms with E-state index in [9.17, 15) is 21.6 Å². The fourth-order valence-corrected chi connectivity index (χ4v) is 6.18. The topological polar surface area (TPSA) is 66.1 Å². The monoisotopic (exact) mass is 567 g/mol. The van der Waals surface area contributed by atoms with Crippen molar-refractivity contribution in [2.24, 2.45) is 0 Å². The van der Waals surface area contributed by atoms with Crippen LogP contribution >= 0.6 is 23.2 Å². The van der Waals surface area contributed by atoms with Gasteiger partial charge in [-0.2, -0.15) is 22.6 Å². The number of benzene rings is 3. The van der Waals surface area contributed by atoms with Crippen LogP contribution in [0.15, 0.2) is 66.7 Å². The number of aromatic nitrogens is 2. The number of nitrogens with one attached hydrogen (secondary N) is 1. The van der Waals surface area contributed by atoms with Crippen LogP contribution in [0.25, 0.3) is 10.9 Å². The minimum atomic E-state index is -5.33. The van der Waals surface area contributed by atoms with Gasteiger partial charge < -0.3 is 0 Å². The molecule has 37 heavy (non-hydrogen) atoms. The SMILES string of the molecule is O=S(=O)(N1CCC(c2n[nH]c3ccc(C(c4ccc(Cl)cc4)c4ccc(Cl)cc4)cc23)CC1)C(F)(F)F. The van der Waals surface area contributed by atoms with Gasteiger partial charge in [0.15, 0.2) is 0 Å². The van der Waals surface area contributed by atoms with Crippen LogP contribution in [0.3, 0.4) is 0 Å². The van der Waals surface area contributed by atoms with Gasteiger partial charge in [-0.3, -0.25) is 5.10 Å². The minimum absolute atomic E-state index is 0.125. The van der Waals surface area contributed by atoms with Crippen LogP contribution in [0, 0.1) is 0 Å². The van der Waals surface area contributed by atoms with E-state index in [0.717, 1.165) is 33.3 Å². The third kappa shape index (κ3) is 5.10. The largest absolute Gasteiger partial charge is 0.511 e. The molecule has 11 heteroatoms. The van der Waals surface area contributed by atoms with Crippen molar-refractivity contribution < 1.29 is 21.6 Å². The van der Waals surface area contributed by atoms with E-state index < -0.39 is 15.5 Å². The van der Waals surface area contributed by atoms with Crippen molar-refractivity contribution in [1.29, 1.82) is 0 Å². The molecule has 5 rings (SSSR count). The summed E-state index contributed by atoms with van der Waals surface area (Å²) in [5.74, 6) is -0.298. The summed E-state index contributed by atoms with van der Waals surface area (Å²) in [6.45, 7) is -0.419. The van der Waals surface area contributed by atoms with Crippen LogP contribution in [0.2, 0.25) is 10.0 Å². The molecule has 1 aliphatic heterocycles. The molecule has 1 saturated heterocycles. The predicted molar refractivity (Wildman–Crippen MR) is 138 cm³/mol. The third-order valence-corrected chi connectivity index (χ3v) is 8.96. The molecule has 0 saturated carbocycles. The summed E-state index contributed by atoms with van der Waals surface area (Å²) in [6.07, 6.45) is 0.495. The van der Waals surface area contributed by atoms with Crippen molar-refractivity contribution in [3.8, 4) is 0 Å². The van der Waals surface area contributed by atoms with Gasteiger partial charge in [0.1, 0.15) is 0 Å². The number of hydrogen-bond acceptors (Lipinski definition) is 3. The first-order chi connectivity index (χ1) is 17.5. The summed E-state index contributed by atoms with van der Waals surface area (Å²) in [5.41, 5.74) is -0.714. The molecule has 0 radical (unpaired) electrons. The van der Waals surface area contributed by atoms with E-state index in [1.165, 1.54) is 0 Å². The Hall–Kier alpha value is -2.59. The highest BCUT2D eigenvalue weighted by molar-refractivity contribution is 7.90. The molecule has 3 aromatic carbocycles. The Labute approximate surface area is 222 Å². The van der Waals surface area contributed by atoms with E-state index in [1.807, 2.05) is 66.7 Å². The lowest BCUT2D eigenvalue weighted by Gasteiger charge is -2.31. The predicted octanol–water partition coefficient (Wildman–Crippen LogP) is 7.08. The van der Waals surface area contributed by atoms with E-state index in [1.54, 1.807) is 0 Å². The van der Waals surface area contributed by atoms with E-state index >= 15 is 0 Å². The molecule has 0 aliphatic carbocycles. The molecular weight excluding hydrogens is 546 g/mol. The molecule has 1 fully saturated rings. The Balaban J connectivity index is 1.49. The standard InChI is InChI=1S/C26H22Cl2F3N3O2S/c27-20-6-1-16(2-7-20)24(17-3-8-21(28)9-4-17)19-5-10-23-22(15-19)25(33-32-23)18-11-13-34(14-12-18)37(35,36)26(29,30)31/h1-10,15,18,24H,11-14H2,(H,32,33). The molecule has 1 N–H and O–H groups in total. The third-order valence-electron chi connectivity index (χ3n) is 6.83. The zero-order valence-electron chi connectivity index (χ0n) is 19.3. The Morgan fingerprint density at radius 2 is 1.38 bits per heavy atom. The second-order valence-electron chi connectivity index (χ2n) is 9.07. The maximum Gasteiger partial charge on any atom is 0.511 e. The molecule has 0 amide bonds. The molecule has 1 aromatic heterocycles. The molecule has 4 aromatic rings. The summed E-state index contributed by atoms with van der Waals surface area (Å²) >= 11 is 12.3. The minimum Gasteiger partial charge on any atom is -0.278 e. The maximum absolute atomic E-state index is 13.0. The Morgan fingerprint density at radius 3 is 1.89 bits per heavy atom. The molecule has 194 valence electrons. The van der Waals surface area contributed by atoms with E-state index in [2.05, 4.69) is 10.2 Å². The normalized spacial score (nSPS) is 16.1. The second-order valence-corrected chi connectivity index (χ2v) is 11.9. The van der Waals surface area contributed by atoms with Gasteiger partial charge in [0, 0.05) is 40.4 Å². The zero-order valence-corrected chi connectivity index (χ0v) is 21.7. The summed E-state index contributed by atoms with van der Waals surface area (Å²) in [6, 6.07) is 21.2. The van der Waals surface area contributed by atoms with Crippen LogP contribution in [0.4, 0.5) is 13.2 Å². The summed E-state index contributed by atoms with van der Waals surface area (Å²) in [5, 5.41) is 9.61. The lowest BCUT2D eigenvalue weighted by atomic mass is 9.84. The number of H-pyrrole nitrogens is 1. The van der Waals surface area contributed by atoms with Crippen molar-refractivity contribution in [3.63, 3.8) is 0 Å². The lowest BCUT2D eigenvalue weighted by molar-refractivity contribution is -0.0494. The van der Waals surface area contributed by atoms with Gasteiger partial charge in [0.25, 0.3) is 0 Å². The maximum atomic E-state index is 13.0. The highest BCUT2D eigenvalue weighted by Crippen LogP contribution is 2.38. The summed E-state index contributed by atoms with van der Waals surface area (Å²) in [4.78, 5) is 0. The van der Waals surface area contributed by atoms with Crippen LogP contribution in [-0.4, -0.2) is 41.5 Å². The van der Waals surface area contributed by atoms with Gasteiger partial charge in [0.2, 0.25) is 0 Å². The summed E-state index contributed by atoms with van der Waals surface area (Å²) < 4.78 is 63.1. The van der Waals surface area contributed by atoms with Crippen molar-refractivity contribution in [2.45, 2.75) is 30.2 Å². The fraction of sp³-hybridized carbons (Fsp3) is 0.269. The van der Waals surface area contributed by atoms with Crippen LogP contribution in [0.1, 0.15) is 47.1 Å². The molecule has 5 nitrogen and oxygen atoms in total. The number of nitrogens with zero attached hydrogens (tertiary/aromatic N) is 2. The van der Waals surface area contributed by atoms with Gasteiger partial charge >= 0.3 is 15.5 Å². The van der Waals surface area contributed by atoms with Crippen molar-refractivity contribution in [2.75, 3.05) is 13.1 Å². The summed E-state index contributed by atoms with van der Waals surface area (Å²) in [7, 11) is -5.33. The van der Waals surface area contributed by atoms with Crippen molar-refractivity contribution in [1.82, 2.24) is 14.5 Å². The van der Waals surface area contributed by atoms with E-state index in [-0.39, 0.29) is 37.8 Å². The number of fused-ring (bicyclic) bond motifs is 1. The molecule has 2 heterocycles. The van der Waals surface area contributed by atoms with Gasteiger partial charge in [-0.15, -0.1) is 0 Å². The van der Waals surface area contributed by atoms with Gasteiger partial charge in [-0.25, -0.2) is 8.42 Å². The van der Waals surface area contributed by atoms with E-state index in [0.29, 0.717) is 14.4 Å². The van der Waals surface area contributed by atoms with Crippen molar-refractivity contribution >= 4 is 44.1 Å². The Kier molecular flexibility index (Phi) is 7.00. The first-order valence-corrected chi connectivity index (χ1v) is 13.8. The number of piperidine rings is 1. The molecule has 0 unspecified atom stereocenters. The number of alkyl halides is 3. The molecule has 0 atom stereocenters. The highest BCUT2D eigenvalue weighted by Gasteiger charge is 2.50. The molecular formula is C26H22Cl2F3N3O2S. The van der Waals surface area contributed by atoms with Crippen LogP contribution in [-0.2, 0) is 10.0 Å². The number of rotatable bonds is 5. The van der Waals surface area contributed by atoms with Gasteiger partial charge in [0.05, 0.1) is 11.2 Å². The van der Waals surface area contributed by atoms with Crippen LogP contribution < -0.4 is 0 Å². The number of aromatic amines is 1. The average Bonchev–Trinajstić information content (AvgIpc) is 3.29. The quantitative estimate of drug-likeness (QED) is 0.262. The number of sulfonamides is 1. The number of halogens is 5.